The third-order valence-electron chi connectivity index (χ3n) is 1.16. The van der Waals surface area contributed by atoms with Crippen molar-refractivity contribution in [3.63, 3.8) is 0 Å². The van der Waals surface area contributed by atoms with Crippen molar-refractivity contribution in [1.29, 1.82) is 0 Å². The lowest BCUT2D eigenvalue weighted by molar-refractivity contribution is 0.216. The van der Waals surface area contributed by atoms with Crippen molar-refractivity contribution in [2.24, 2.45) is 0 Å². The minimum absolute atomic E-state index is 0.0712. The maximum atomic E-state index is 10.9. The van der Waals surface area contributed by atoms with Gasteiger partial charge in [0.15, 0.2) is 0 Å². The second-order valence-corrected chi connectivity index (χ2v) is 2.91. The van der Waals surface area contributed by atoms with Crippen LogP contribution in [-0.4, -0.2) is 37.7 Å². The summed E-state index contributed by atoms with van der Waals surface area (Å²) in [4.78, 5) is 12.4. The van der Waals surface area contributed by atoms with E-state index in [0.717, 1.165) is 0 Å². The Morgan fingerprint density at radius 1 is 1.45 bits per heavy atom. The van der Waals surface area contributed by atoms with Crippen LogP contribution >= 0.6 is 0 Å². The van der Waals surface area contributed by atoms with E-state index < -0.39 is 0 Å². The molecule has 4 heteroatoms. The first kappa shape index (κ1) is 10.2. The molecule has 2 amide bonds. The predicted molar refractivity (Wildman–Crippen MR) is 45.4 cm³/mol. The molecule has 11 heavy (non-hydrogen) atoms. The van der Waals surface area contributed by atoms with Crippen molar-refractivity contribution in [2.45, 2.75) is 19.9 Å². The van der Waals surface area contributed by atoms with Crippen LogP contribution in [0.1, 0.15) is 13.8 Å². The monoisotopic (exact) mass is 159 g/mol. The van der Waals surface area contributed by atoms with Crippen LogP contribution in [0.5, 0.6) is 0 Å². The van der Waals surface area contributed by atoms with E-state index in [1.165, 1.54) is 4.90 Å². The Hall–Kier alpha value is -0.770. The molecule has 0 spiro atoms. The fourth-order valence-corrected chi connectivity index (χ4v) is 0.489. The molecule has 0 radical (unpaired) electrons. The van der Waals surface area contributed by atoms with Gasteiger partial charge in [0.05, 0.1) is 6.67 Å². The molecule has 0 aliphatic rings. The Labute approximate surface area is 67.9 Å². The fraction of sp³-hybridized carbons (Fsp3) is 0.857. The number of amides is 2. The molecular weight excluding hydrogens is 142 g/mol. The lowest BCUT2D eigenvalue weighted by Crippen LogP contribution is -2.42. The summed E-state index contributed by atoms with van der Waals surface area (Å²) in [5.74, 6) is 0. The average molecular weight is 159 g/mol. The van der Waals surface area contributed by atoms with E-state index >= 15 is 0 Å². The molecule has 0 aromatic heterocycles. The van der Waals surface area contributed by atoms with Gasteiger partial charge in [-0.05, 0) is 13.8 Å². The van der Waals surface area contributed by atoms with Crippen LogP contribution in [-0.2, 0) is 0 Å². The number of carbonyl (C=O) groups excluding carboxylic acids is 1. The number of rotatable bonds is 3. The smallest absolute Gasteiger partial charge is 0.317 e. The zero-order valence-electron chi connectivity index (χ0n) is 7.64. The number of carbonyl (C=O) groups is 1. The van der Waals surface area contributed by atoms with Gasteiger partial charge >= 0.3 is 6.03 Å². The van der Waals surface area contributed by atoms with Crippen LogP contribution in [0.3, 0.4) is 0 Å². The van der Waals surface area contributed by atoms with Crippen LogP contribution in [0.4, 0.5) is 4.79 Å². The average Bonchev–Trinajstić information content (AvgIpc) is 1.86. The number of nitrogens with zero attached hydrogens (tertiary/aromatic N) is 1. The second-order valence-electron chi connectivity index (χ2n) is 2.91. The van der Waals surface area contributed by atoms with Crippen molar-refractivity contribution in [3.8, 4) is 0 Å². The summed E-state index contributed by atoms with van der Waals surface area (Å²) in [7, 11) is 3.43. The molecule has 66 valence electrons. The van der Waals surface area contributed by atoms with Crippen molar-refractivity contribution in [2.75, 3.05) is 20.8 Å². The highest BCUT2D eigenvalue weighted by Gasteiger charge is 2.00. The lowest BCUT2D eigenvalue weighted by Gasteiger charge is -2.13. The maximum absolute atomic E-state index is 10.9. The Morgan fingerprint density at radius 3 is 2.36 bits per heavy atom. The molecule has 4 nitrogen and oxygen atoms in total. The molecule has 0 aromatic carbocycles. The van der Waals surface area contributed by atoms with Gasteiger partial charge in [-0.15, -0.1) is 0 Å². The fourth-order valence-electron chi connectivity index (χ4n) is 0.489. The van der Waals surface area contributed by atoms with Crippen LogP contribution in [0.15, 0.2) is 0 Å². The van der Waals surface area contributed by atoms with Crippen LogP contribution < -0.4 is 10.6 Å². The quantitative estimate of drug-likeness (QED) is 0.578. The molecule has 0 unspecified atom stereocenters. The highest BCUT2D eigenvalue weighted by atomic mass is 16.2. The van der Waals surface area contributed by atoms with E-state index in [1.807, 2.05) is 13.8 Å². The van der Waals surface area contributed by atoms with Gasteiger partial charge in [-0.3, -0.25) is 5.32 Å². The third kappa shape index (κ3) is 5.66. The lowest BCUT2D eigenvalue weighted by atomic mass is 10.4. The summed E-state index contributed by atoms with van der Waals surface area (Å²) in [6.07, 6.45) is 0. The molecule has 0 aromatic rings. The minimum atomic E-state index is -0.0712. The Kier molecular flexibility index (Phi) is 4.61. The van der Waals surface area contributed by atoms with Gasteiger partial charge in [-0.25, -0.2) is 4.79 Å². The number of hydrogen-bond donors (Lipinski definition) is 2. The molecular formula is C7H17N3O. The highest BCUT2D eigenvalue weighted by molar-refractivity contribution is 5.73. The van der Waals surface area contributed by atoms with Crippen LogP contribution in [0, 0.1) is 0 Å². The molecule has 0 saturated carbocycles. The van der Waals surface area contributed by atoms with Gasteiger partial charge < -0.3 is 10.2 Å². The molecule has 2 N–H and O–H groups in total. The van der Waals surface area contributed by atoms with Gasteiger partial charge in [-0.2, -0.15) is 0 Å². The maximum Gasteiger partial charge on any atom is 0.317 e. The van der Waals surface area contributed by atoms with Crippen molar-refractivity contribution >= 4 is 6.03 Å². The Bertz CT molecular complexity index is 123. The van der Waals surface area contributed by atoms with Gasteiger partial charge in [0.1, 0.15) is 0 Å². The van der Waals surface area contributed by atoms with Crippen LogP contribution in [0.2, 0.25) is 0 Å². The number of nitrogens with one attached hydrogen (secondary N) is 2. The van der Waals surface area contributed by atoms with Crippen LogP contribution in [0.25, 0.3) is 0 Å². The van der Waals surface area contributed by atoms with Gasteiger partial charge in [0.2, 0.25) is 0 Å². The predicted octanol–water partition coefficient (Wildman–Crippen LogP) is 0.213. The largest absolute Gasteiger partial charge is 0.331 e. The number of hydrogen-bond acceptors (Lipinski definition) is 2. The standard InChI is InChI=1S/C7H17N3O/c1-6(2)8-5-9-7(11)10(3)4/h6,8H,5H2,1-4H3,(H,9,11). The highest BCUT2D eigenvalue weighted by Crippen LogP contribution is 1.76. The van der Waals surface area contributed by atoms with E-state index in [9.17, 15) is 4.79 Å². The summed E-state index contributed by atoms with van der Waals surface area (Å²) >= 11 is 0. The molecule has 0 aliphatic heterocycles. The molecule has 0 bridgehead atoms. The minimum Gasteiger partial charge on any atom is -0.331 e. The van der Waals surface area contributed by atoms with Crippen molar-refractivity contribution < 1.29 is 4.79 Å². The molecule has 0 atom stereocenters. The Balaban J connectivity index is 3.32. The van der Waals surface area contributed by atoms with Gasteiger partial charge in [0, 0.05) is 20.1 Å². The number of urea groups is 1. The summed E-state index contributed by atoms with van der Waals surface area (Å²) in [6, 6.07) is 0.329. The SMILES string of the molecule is CC(C)NCNC(=O)N(C)C. The van der Waals surface area contributed by atoms with Gasteiger partial charge in [-0.1, -0.05) is 0 Å². The van der Waals surface area contributed by atoms with E-state index in [4.69, 9.17) is 0 Å². The molecule has 0 heterocycles. The summed E-state index contributed by atoms with van der Waals surface area (Å²) in [5.41, 5.74) is 0. The zero-order chi connectivity index (χ0) is 8.85. The Morgan fingerprint density at radius 2 is 2.00 bits per heavy atom. The summed E-state index contributed by atoms with van der Waals surface area (Å²) in [6.45, 7) is 4.58. The van der Waals surface area contributed by atoms with Crippen molar-refractivity contribution in [1.82, 2.24) is 15.5 Å². The van der Waals surface area contributed by atoms with Crippen molar-refractivity contribution in [3.05, 3.63) is 0 Å². The first-order valence-electron chi connectivity index (χ1n) is 3.72. The molecule has 0 saturated heterocycles. The topological polar surface area (TPSA) is 44.4 Å². The second kappa shape index (κ2) is 4.96. The van der Waals surface area contributed by atoms with E-state index in [-0.39, 0.29) is 6.03 Å². The normalized spacial score (nSPS) is 9.91. The zero-order valence-corrected chi connectivity index (χ0v) is 7.64. The molecule has 0 rings (SSSR count). The first-order chi connectivity index (χ1) is 5.04. The van der Waals surface area contributed by atoms with E-state index in [1.54, 1.807) is 14.1 Å². The van der Waals surface area contributed by atoms with E-state index in [0.29, 0.717) is 12.7 Å². The first-order valence-corrected chi connectivity index (χ1v) is 3.72. The molecule has 0 fully saturated rings. The van der Waals surface area contributed by atoms with E-state index in [2.05, 4.69) is 10.6 Å². The summed E-state index contributed by atoms with van der Waals surface area (Å²) in [5, 5.41) is 5.76. The van der Waals surface area contributed by atoms with Gasteiger partial charge in [0.25, 0.3) is 0 Å². The third-order valence-corrected chi connectivity index (χ3v) is 1.16. The summed E-state index contributed by atoms with van der Waals surface area (Å²) < 4.78 is 0. The molecule has 0 aliphatic carbocycles.